The summed E-state index contributed by atoms with van der Waals surface area (Å²) in [7, 11) is -8.28. The number of rotatable bonds is 6. The topological polar surface area (TPSA) is 118 Å². The van der Waals surface area contributed by atoms with Crippen LogP contribution >= 0.6 is 31.9 Å². The Kier molecular flexibility index (Phi) is 6.69. The van der Waals surface area contributed by atoms with Gasteiger partial charge in [-0.05, 0) is 88.9 Å². The SMILES string of the molecule is Cc1ccc(S(=O)(=O)N[C@H]2n3c(cc(Br)c3Br)C(=O)N3CCC[C@@]23NS(=O)(=O)c2ccc(C)cc2)cc1. The first kappa shape index (κ1) is 26.6. The minimum absolute atomic E-state index is 0.0189. The van der Waals surface area contributed by atoms with E-state index in [9.17, 15) is 21.6 Å². The number of nitrogens with zero attached hydrogens (tertiary/aromatic N) is 2. The summed E-state index contributed by atoms with van der Waals surface area (Å²) in [5.41, 5.74) is 0.419. The van der Waals surface area contributed by atoms with Gasteiger partial charge in [-0.3, -0.25) is 4.79 Å². The molecule has 2 aliphatic heterocycles. The highest BCUT2D eigenvalue weighted by Gasteiger charge is 2.58. The summed E-state index contributed by atoms with van der Waals surface area (Å²) < 4.78 is 62.3. The number of aromatic nitrogens is 1. The summed E-state index contributed by atoms with van der Waals surface area (Å²) in [6.45, 7) is 3.96. The molecule has 2 N–H and O–H groups in total. The summed E-state index contributed by atoms with van der Waals surface area (Å²) in [6.07, 6.45) is -0.504. The lowest BCUT2D eigenvalue weighted by molar-refractivity contribution is 0.0239. The number of hydrogen-bond donors (Lipinski definition) is 2. The van der Waals surface area contributed by atoms with Gasteiger partial charge in [0.2, 0.25) is 20.0 Å². The van der Waals surface area contributed by atoms with E-state index in [-0.39, 0.29) is 28.5 Å². The lowest BCUT2D eigenvalue weighted by atomic mass is 10.0. The maximum Gasteiger partial charge on any atom is 0.272 e. The normalized spacial score (nSPS) is 21.7. The number of benzene rings is 2. The quantitative estimate of drug-likeness (QED) is 0.411. The molecule has 0 saturated carbocycles. The molecule has 0 unspecified atom stereocenters. The van der Waals surface area contributed by atoms with Crippen LogP contribution in [0.1, 0.15) is 40.6 Å². The molecule has 0 spiro atoms. The van der Waals surface area contributed by atoms with E-state index >= 15 is 0 Å². The standard InChI is InChI=1S/C24H24Br2N4O5S2/c1-15-4-8-17(9-5-15)36(32,33)27-23-24(28-37(34,35)18-10-6-16(2)7-11-18)12-3-13-29(24)22(31)20-14-19(25)21(26)30(20)23/h4-11,14,23,27-28H,3,12-13H2,1-2H3/t23-,24-/m0/s1. The van der Waals surface area contributed by atoms with Crippen LogP contribution in [0.15, 0.2) is 73.5 Å². The van der Waals surface area contributed by atoms with Crippen LogP contribution < -0.4 is 9.44 Å². The van der Waals surface area contributed by atoms with E-state index in [0.29, 0.717) is 15.5 Å². The maximum atomic E-state index is 13.6. The molecule has 3 aromatic rings. The van der Waals surface area contributed by atoms with Gasteiger partial charge in [0, 0.05) is 6.54 Å². The Hall–Kier alpha value is -2.03. The fraction of sp³-hybridized carbons (Fsp3) is 0.292. The minimum Gasteiger partial charge on any atom is -0.315 e. The molecular formula is C24H24Br2N4O5S2. The molecule has 1 fully saturated rings. The van der Waals surface area contributed by atoms with Crippen molar-refractivity contribution in [3.8, 4) is 0 Å². The van der Waals surface area contributed by atoms with Gasteiger partial charge in [-0.2, -0.15) is 9.44 Å². The predicted octanol–water partition coefficient (Wildman–Crippen LogP) is 4.03. The second-order valence-corrected chi connectivity index (χ2v) is 14.3. The number of nitrogens with one attached hydrogen (secondary N) is 2. The van der Waals surface area contributed by atoms with Gasteiger partial charge in [0.05, 0.1) is 14.3 Å². The van der Waals surface area contributed by atoms with Gasteiger partial charge < -0.3 is 9.47 Å². The summed E-state index contributed by atoms with van der Waals surface area (Å²) in [6, 6.07) is 14.3. The molecule has 2 aliphatic rings. The molecule has 0 radical (unpaired) electrons. The van der Waals surface area contributed by atoms with Crippen molar-refractivity contribution in [2.45, 2.75) is 48.3 Å². The zero-order chi connectivity index (χ0) is 26.8. The molecule has 1 aromatic heterocycles. The number of halogens is 2. The lowest BCUT2D eigenvalue weighted by Crippen LogP contribution is -2.69. The maximum absolute atomic E-state index is 13.6. The van der Waals surface area contributed by atoms with Gasteiger partial charge >= 0.3 is 0 Å². The van der Waals surface area contributed by atoms with Gasteiger partial charge in [-0.1, -0.05) is 35.4 Å². The van der Waals surface area contributed by atoms with Crippen molar-refractivity contribution in [3.63, 3.8) is 0 Å². The van der Waals surface area contributed by atoms with Crippen LogP contribution in [0.3, 0.4) is 0 Å². The molecule has 2 aromatic carbocycles. The molecule has 13 heteroatoms. The van der Waals surface area contributed by atoms with E-state index in [0.717, 1.165) is 11.1 Å². The summed E-state index contributed by atoms with van der Waals surface area (Å²) in [5, 5.41) is 0. The molecule has 37 heavy (non-hydrogen) atoms. The van der Waals surface area contributed by atoms with Gasteiger partial charge in [-0.25, -0.2) is 16.8 Å². The van der Waals surface area contributed by atoms with Gasteiger partial charge in [0.15, 0.2) is 0 Å². The highest BCUT2D eigenvalue weighted by Crippen LogP contribution is 2.46. The van der Waals surface area contributed by atoms with E-state index in [2.05, 4.69) is 41.3 Å². The predicted molar refractivity (Wildman–Crippen MR) is 145 cm³/mol. The van der Waals surface area contributed by atoms with Crippen molar-refractivity contribution in [2.75, 3.05) is 6.54 Å². The molecule has 9 nitrogen and oxygen atoms in total. The van der Waals surface area contributed by atoms with Crippen LogP contribution in [0.2, 0.25) is 0 Å². The Bertz CT molecular complexity index is 1600. The number of aryl methyl sites for hydroxylation is 2. The summed E-state index contributed by atoms with van der Waals surface area (Å²) in [5.74, 6) is -0.402. The third kappa shape index (κ3) is 4.49. The van der Waals surface area contributed by atoms with Crippen molar-refractivity contribution in [3.05, 3.63) is 80.5 Å². The zero-order valence-electron chi connectivity index (χ0n) is 19.9. The molecule has 3 heterocycles. The van der Waals surface area contributed by atoms with E-state index in [1.165, 1.54) is 33.7 Å². The first-order valence-electron chi connectivity index (χ1n) is 11.4. The van der Waals surface area contributed by atoms with Crippen LogP contribution in [-0.4, -0.2) is 44.4 Å². The van der Waals surface area contributed by atoms with Crippen LogP contribution in [0.25, 0.3) is 0 Å². The molecule has 196 valence electrons. The van der Waals surface area contributed by atoms with Gasteiger partial charge in [0.25, 0.3) is 5.91 Å². The minimum atomic E-state index is -4.15. The first-order valence-corrected chi connectivity index (χ1v) is 16.0. The van der Waals surface area contributed by atoms with Crippen LogP contribution in [0.5, 0.6) is 0 Å². The van der Waals surface area contributed by atoms with Gasteiger partial charge in [-0.15, -0.1) is 0 Å². The fourth-order valence-corrected chi connectivity index (χ4v) is 8.45. The third-order valence-electron chi connectivity index (χ3n) is 6.77. The smallest absolute Gasteiger partial charge is 0.272 e. The third-order valence-corrected chi connectivity index (χ3v) is 11.7. The Morgan fingerprint density at radius 2 is 1.43 bits per heavy atom. The van der Waals surface area contributed by atoms with Crippen LogP contribution in [0.4, 0.5) is 0 Å². The van der Waals surface area contributed by atoms with E-state index in [1.807, 2.05) is 13.8 Å². The molecule has 5 rings (SSSR count). The fourth-order valence-electron chi connectivity index (χ4n) is 4.90. The summed E-state index contributed by atoms with van der Waals surface area (Å²) >= 11 is 6.88. The number of fused-ring (bicyclic) bond motifs is 2. The van der Waals surface area contributed by atoms with Crippen molar-refractivity contribution in [1.82, 2.24) is 18.9 Å². The van der Waals surface area contributed by atoms with Gasteiger partial charge in [0.1, 0.15) is 22.1 Å². The highest BCUT2D eigenvalue weighted by atomic mass is 79.9. The number of carbonyl (C=O) groups is 1. The van der Waals surface area contributed by atoms with Crippen molar-refractivity contribution >= 4 is 57.8 Å². The Balaban J connectivity index is 1.68. The van der Waals surface area contributed by atoms with Crippen molar-refractivity contribution in [1.29, 1.82) is 0 Å². The Morgan fingerprint density at radius 3 is 2.00 bits per heavy atom. The molecule has 1 saturated heterocycles. The number of carbonyl (C=O) groups excluding carboxylic acids is 1. The molecular weight excluding hydrogens is 648 g/mol. The molecule has 0 bridgehead atoms. The largest absolute Gasteiger partial charge is 0.315 e. The molecule has 2 atom stereocenters. The van der Waals surface area contributed by atoms with E-state index in [4.69, 9.17) is 0 Å². The second kappa shape index (κ2) is 9.31. The lowest BCUT2D eigenvalue weighted by Gasteiger charge is -2.48. The average molecular weight is 672 g/mol. The zero-order valence-corrected chi connectivity index (χ0v) is 24.7. The number of amides is 1. The first-order chi connectivity index (χ1) is 17.4. The molecule has 1 amide bonds. The number of sulfonamides is 2. The van der Waals surface area contributed by atoms with E-state index in [1.54, 1.807) is 30.3 Å². The van der Waals surface area contributed by atoms with Crippen molar-refractivity contribution < 1.29 is 21.6 Å². The monoisotopic (exact) mass is 670 g/mol. The Morgan fingerprint density at radius 1 is 0.892 bits per heavy atom. The summed E-state index contributed by atoms with van der Waals surface area (Å²) in [4.78, 5) is 15.1. The van der Waals surface area contributed by atoms with Crippen LogP contribution in [-0.2, 0) is 20.0 Å². The Labute approximate surface area is 232 Å². The number of hydrogen-bond acceptors (Lipinski definition) is 5. The van der Waals surface area contributed by atoms with Crippen LogP contribution in [0, 0.1) is 13.8 Å². The van der Waals surface area contributed by atoms with E-state index < -0.39 is 37.8 Å². The second-order valence-electron chi connectivity index (χ2n) is 9.28. The van der Waals surface area contributed by atoms with Crippen molar-refractivity contribution in [2.24, 2.45) is 0 Å². The molecule has 0 aliphatic carbocycles. The highest BCUT2D eigenvalue weighted by molar-refractivity contribution is 9.13. The average Bonchev–Trinajstić information content (AvgIpc) is 3.39.